The highest BCUT2D eigenvalue weighted by atomic mass is 35.5. The van der Waals surface area contributed by atoms with E-state index in [-0.39, 0.29) is 0 Å². The van der Waals surface area contributed by atoms with Crippen molar-refractivity contribution in [2.75, 3.05) is 0 Å². The van der Waals surface area contributed by atoms with E-state index in [1.807, 2.05) is 0 Å². The van der Waals surface area contributed by atoms with Crippen molar-refractivity contribution in [3.63, 3.8) is 0 Å². The Balaban J connectivity index is 2.62. The van der Waals surface area contributed by atoms with Gasteiger partial charge in [-0.05, 0) is 24.3 Å². The van der Waals surface area contributed by atoms with Crippen molar-refractivity contribution in [1.29, 1.82) is 0 Å². The van der Waals surface area contributed by atoms with Crippen LogP contribution in [0, 0.1) is 0 Å². The Labute approximate surface area is 94.7 Å². The van der Waals surface area contributed by atoms with E-state index >= 15 is 0 Å². The maximum Gasteiger partial charge on any atom is 0.362 e. The molecule has 15 heavy (non-hydrogen) atoms. The molecule has 3 nitrogen and oxygen atoms in total. The molecule has 84 valence electrons. The number of benzene rings is 1. The van der Waals surface area contributed by atoms with E-state index in [2.05, 4.69) is 3.63 Å². The first kappa shape index (κ1) is 12.7. The van der Waals surface area contributed by atoms with Gasteiger partial charge in [0, 0.05) is 22.0 Å². The first-order valence-electron chi connectivity index (χ1n) is 3.55. The normalized spacial score (nSPS) is 12.0. The fourth-order valence-corrected chi connectivity index (χ4v) is 1.91. The highest BCUT2D eigenvalue weighted by Crippen LogP contribution is 2.25. The van der Waals surface area contributed by atoms with Crippen LogP contribution in [-0.4, -0.2) is 14.2 Å². The third kappa shape index (κ3) is 3.94. The molecule has 0 fully saturated rings. The van der Waals surface area contributed by atoms with Crippen LogP contribution < -0.4 is 0 Å². The zero-order chi connectivity index (χ0) is 11.5. The third-order valence-corrected chi connectivity index (χ3v) is 3.44. The monoisotopic (exact) mass is 274 g/mol. The van der Waals surface area contributed by atoms with Gasteiger partial charge in [0.2, 0.25) is 0 Å². The van der Waals surface area contributed by atoms with Crippen molar-refractivity contribution in [2.45, 2.75) is 10.7 Å². The maximum atomic E-state index is 11.8. The minimum absolute atomic E-state index is 0.338. The van der Waals surface area contributed by atoms with Gasteiger partial charge >= 0.3 is 15.9 Å². The molecule has 0 heterocycles. The van der Waals surface area contributed by atoms with E-state index in [1.165, 1.54) is 24.3 Å². The zero-order valence-electron chi connectivity index (χ0n) is 7.06. The minimum atomic E-state index is -4.81. The average molecular weight is 275 g/mol. The van der Waals surface area contributed by atoms with Gasteiger partial charge < -0.3 is 0 Å². The second kappa shape index (κ2) is 5.11. The molecule has 0 spiro atoms. The van der Waals surface area contributed by atoms with Crippen LogP contribution in [0.2, 0.25) is 5.02 Å². The summed E-state index contributed by atoms with van der Waals surface area (Å²) in [6.45, 7) is 0. The van der Waals surface area contributed by atoms with Crippen molar-refractivity contribution in [3.8, 4) is 0 Å². The van der Waals surface area contributed by atoms with Crippen LogP contribution in [0.5, 0.6) is 0 Å². The lowest BCUT2D eigenvalue weighted by Crippen LogP contribution is -2.11. The van der Waals surface area contributed by atoms with Crippen LogP contribution in [0.1, 0.15) is 0 Å². The quantitative estimate of drug-likeness (QED) is 0.792. The summed E-state index contributed by atoms with van der Waals surface area (Å²) in [5.41, 5.74) is 0. The molecule has 0 aliphatic heterocycles. The zero-order valence-corrected chi connectivity index (χ0v) is 9.45. The molecule has 1 aromatic carbocycles. The summed E-state index contributed by atoms with van der Waals surface area (Å²) in [5.74, 6) is -3.54. The molecule has 0 radical (unpaired) electrons. The van der Waals surface area contributed by atoms with Crippen LogP contribution >= 0.6 is 23.6 Å². The Morgan fingerprint density at radius 2 is 1.80 bits per heavy atom. The molecule has 0 atom stereocenters. The number of halogens is 3. The minimum Gasteiger partial charge on any atom is -0.192 e. The van der Waals surface area contributed by atoms with E-state index < -0.39 is 15.9 Å². The van der Waals surface area contributed by atoms with Gasteiger partial charge in [-0.1, -0.05) is 11.6 Å². The van der Waals surface area contributed by atoms with E-state index in [1.54, 1.807) is 0 Å². The SMILES string of the molecule is O=S(=O)(OSc1ccc(Cl)cc1)C(F)F. The lowest BCUT2D eigenvalue weighted by atomic mass is 10.4. The summed E-state index contributed by atoms with van der Waals surface area (Å²) in [7, 11) is -4.81. The summed E-state index contributed by atoms with van der Waals surface area (Å²) in [6.07, 6.45) is 0. The topological polar surface area (TPSA) is 43.4 Å². The number of hydrogen-bond acceptors (Lipinski definition) is 4. The van der Waals surface area contributed by atoms with Gasteiger partial charge in [0.05, 0.1) is 0 Å². The van der Waals surface area contributed by atoms with E-state index in [0.717, 1.165) is 0 Å². The molecule has 0 saturated carbocycles. The molecule has 0 N–H and O–H groups in total. The second-order valence-electron chi connectivity index (χ2n) is 2.36. The molecule has 1 aromatic rings. The summed E-state index contributed by atoms with van der Waals surface area (Å²) < 4.78 is 48.8. The van der Waals surface area contributed by atoms with Crippen molar-refractivity contribution in [1.82, 2.24) is 0 Å². The van der Waals surface area contributed by atoms with Gasteiger partial charge in [-0.3, -0.25) is 0 Å². The van der Waals surface area contributed by atoms with Gasteiger partial charge in [-0.25, -0.2) is 0 Å². The molecular formula is C7H5ClF2O3S2. The van der Waals surface area contributed by atoms with E-state index in [4.69, 9.17) is 11.6 Å². The van der Waals surface area contributed by atoms with Crippen molar-refractivity contribution in [3.05, 3.63) is 29.3 Å². The predicted molar refractivity (Wildman–Crippen MR) is 53.3 cm³/mol. The van der Waals surface area contributed by atoms with Crippen LogP contribution in [0.4, 0.5) is 8.78 Å². The molecule has 0 aliphatic carbocycles. The highest BCUT2D eigenvalue weighted by molar-refractivity contribution is 8.04. The van der Waals surface area contributed by atoms with Gasteiger partial charge in [0.15, 0.2) is 0 Å². The Kier molecular flexibility index (Phi) is 4.32. The number of rotatable bonds is 4. The van der Waals surface area contributed by atoms with Crippen LogP contribution in [0.15, 0.2) is 29.2 Å². The number of alkyl halides is 2. The predicted octanol–water partition coefficient (Wildman–Crippen LogP) is 2.92. The van der Waals surface area contributed by atoms with Gasteiger partial charge in [0.1, 0.15) is 0 Å². The van der Waals surface area contributed by atoms with Gasteiger partial charge in [-0.15, -0.1) is 0 Å². The van der Waals surface area contributed by atoms with Gasteiger partial charge in [-0.2, -0.15) is 20.8 Å². The molecule has 0 saturated heterocycles. The summed E-state index contributed by atoms with van der Waals surface area (Å²) >= 11 is 5.90. The first-order chi connectivity index (χ1) is 6.92. The molecule has 0 aromatic heterocycles. The van der Waals surface area contributed by atoms with Crippen molar-refractivity contribution < 1.29 is 20.8 Å². The molecule has 0 bridgehead atoms. The average Bonchev–Trinajstić information content (AvgIpc) is 2.17. The standard InChI is InChI=1S/C7H5ClF2O3S2/c8-5-1-3-6(4-2-5)14-13-15(11,12)7(9)10/h1-4,7H. The Morgan fingerprint density at radius 1 is 1.27 bits per heavy atom. The fourth-order valence-electron chi connectivity index (χ4n) is 0.607. The van der Waals surface area contributed by atoms with E-state index in [0.29, 0.717) is 22.0 Å². The largest absolute Gasteiger partial charge is 0.362 e. The second-order valence-corrected chi connectivity index (χ2v) is 5.32. The Bertz CT molecular complexity index is 418. The molecule has 8 heteroatoms. The summed E-state index contributed by atoms with van der Waals surface area (Å²) in [6, 6.07) is 5.88. The molecule has 0 aliphatic rings. The van der Waals surface area contributed by atoms with Crippen LogP contribution in [0.25, 0.3) is 0 Å². The van der Waals surface area contributed by atoms with E-state index in [9.17, 15) is 17.2 Å². The number of hydrogen-bond donors (Lipinski definition) is 0. The lowest BCUT2D eigenvalue weighted by Gasteiger charge is -2.02. The van der Waals surface area contributed by atoms with Crippen molar-refractivity contribution in [2.24, 2.45) is 0 Å². The molecule has 0 amide bonds. The smallest absolute Gasteiger partial charge is 0.192 e. The summed E-state index contributed by atoms with van der Waals surface area (Å²) in [5, 5.41) is 0.455. The fraction of sp³-hybridized carbons (Fsp3) is 0.143. The summed E-state index contributed by atoms with van der Waals surface area (Å²) in [4.78, 5) is 0.364. The van der Waals surface area contributed by atoms with Crippen LogP contribution in [-0.2, 0) is 13.7 Å². The third-order valence-electron chi connectivity index (χ3n) is 1.26. The lowest BCUT2D eigenvalue weighted by molar-refractivity contribution is 0.222. The first-order valence-corrected chi connectivity index (χ1v) is 6.14. The molecule has 0 unspecified atom stereocenters. The maximum absolute atomic E-state index is 11.8. The molecule has 1 rings (SSSR count). The van der Waals surface area contributed by atoms with Crippen molar-refractivity contribution >= 4 is 33.8 Å². The van der Waals surface area contributed by atoms with Crippen LogP contribution in [0.3, 0.4) is 0 Å². The molecular weight excluding hydrogens is 270 g/mol. The Hall–Kier alpha value is -0.370. The highest BCUT2D eigenvalue weighted by Gasteiger charge is 2.25. The Morgan fingerprint density at radius 3 is 2.27 bits per heavy atom. The van der Waals surface area contributed by atoms with Gasteiger partial charge in [0.25, 0.3) is 0 Å².